The van der Waals surface area contributed by atoms with E-state index in [0.29, 0.717) is 11.8 Å². The molecule has 2 aromatic heterocycles. The van der Waals surface area contributed by atoms with Crippen molar-refractivity contribution in [1.82, 2.24) is 19.4 Å². The van der Waals surface area contributed by atoms with Gasteiger partial charge in [-0.1, -0.05) is 0 Å². The van der Waals surface area contributed by atoms with Crippen LogP contribution in [0, 0.1) is 0 Å². The maximum Gasteiger partial charge on any atom is 0.215 e. The summed E-state index contributed by atoms with van der Waals surface area (Å²) < 4.78 is 7.20. The van der Waals surface area contributed by atoms with Gasteiger partial charge in [-0.3, -0.25) is 0 Å². The first-order chi connectivity index (χ1) is 8.65. The molecular formula is C12H17ClN4O. The number of ether oxygens (including phenoxy) is 1. The van der Waals surface area contributed by atoms with E-state index in [2.05, 4.69) is 14.9 Å². The number of pyridine rings is 1. The minimum atomic E-state index is 0.381. The third kappa shape index (κ3) is 2.57. The summed E-state index contributed by atoms with van der Waals surface area (Å²) >= 11 is 5.94. The second-order valence-corrected chi connectivity index (χ2v) is 4.58. The zero-order valence-corrected chi connectivity index (χ0v) is 11.6. The van der Waals surface area contributed by atoms with Crippen LogP contribution in [0.3, 0.4) is 0 Å². The minimum Gasteiger partial charge on any atom is -0.481 e. The fourth-order valence-electron chi connectivity index (χ4n) is 1.78. The molecule has 0 aliphatic heterocycles. The van der Waals surface area contributed by atoms with Crippen LogP contribution in [0.5, 0.6) is 5.88 Å². The van der Waals surface area contributed by atoms with Crippen molar-refractivity contribution < 1.29 is 4.74 Å². The van der Waals surface area contributed by atoms with E-state index in [-0.39, 0.29) is 0 Å². The van der Waals surface area contributed by atoms with Crippen molar-refractivity contribution in [2.24, 2.45) is 0 Å². The molecule has 2 aromatic rings. The number of nitrogens with zero attached hydrogens (tertiary/aromatic N) is 4. The van der Waals surface area contributed by atoms with E-state index in [1.165, 1.54) is 0 Å². The number of halogens is 1. The average Bonchev–Trinajstić information content (AvgIpc) is 2.72. The largest absolute Gasteiger partial charge is 0.481 e. The second-order valence-electron chi connectivity index (χ2n) is 4.31. The first-order valence-electron chi connectivity index (χ1n) is 5.76. The normalized spacial score (nSPS) is 11.4. The predicted molar refractivity (Wildman–Crippen MR) is 72.2 cm³/mol. The third-order valence-corrected chi connectivity index (χ3v) is 2.98. The van der Waals surface area contributed by atoms with Gasteiger partial charge >= 0.3 is 0 Å². The Labute approximate surface area is 111 Å². The highest BCUT2D eigenvalue weighted by molar-refractivity contribution is 6.16. The van der Waals surface area contributed by atoms with Gasteiger partial charge in [0.2, 0.25) is 5.88 Å². The first-order valence-corrected chi connectivity index (χ1v) is 6.30. The molecule has 0 spiro atoms. The SMILES string of the molecule is COc1ccc2nc(CCl)n(CCN(C)C)c2n1. The van der Waals surface area contributed by atoms with Crippen LogP contribution in [-0.2, 0) is 12.4 Å². The lowest BCUT2D eigenvalue weighted by Gasteiger charge is -2.12. The molecule has 0 atom stereocenters. The molecule has 2 heterocycles. The summed E-state index contributed by atoms with van der Waals surface area (Å²) in [5.74, 6) is 1.82. The van der Waals surface area contributed by atoms with Crippen molar-refractivity contribution in [3.63, 3.8) is 0 Å². The number of methoxy groups -OCH3 is 1. The quantitative estimate of drug-likeness (QED) is 0.775. The summed E-state index contributed by atoms with van der Waals surface area (Å²) in [5, 5.41) is 0. The van der Waals surface area contributed by atoms with Crippen LogP contribution in [0.4, 0.5) is 0 Å². The number of hydrogen-bond acceptors (Lipinski definition) is 4. The fraction of sp³-hybridized carbons (Fsp3) is 0.500. The standard InChI is InChI=1S/C12H17ClN4O/c1-16(2)6-7-17-10(8-13)14-9-4-5-11(18-3)15-12(9)17/h4-5H,6-8H2,1-3H3. The van der Waals surface area contributed by atoms with E-state index in [1.54, 1.807) is 7.11 Å². The van der Waals surface area contributed by atoms with E-state index in [4.69, 9.17) is 16.3 Å². The van der Waals surface area contributed by atoms with Gasteiger partial charge in [-0.05, 0) is 20.2 Å². The van der Waals surface area contributed by atoms with Crippen molar-refractivity contribution in [3.05, 3.63) is 18.0 Å². The number of aromatic nitrogens is 3. The summed E-state index contributed by atoms with van der Waals surface area (Å²) in [4.78, 5) is 11.0. The number of fused-ring (bicyclic) bond motifs is 1. The summed E-state index contributed by atoms with van der Waals surface area (Å²) in [6.07, 6.45) is 0. The van der Waals surface area contributed by atoms with Gasteiger partial charge in [0, 0.05) is 19.2 Å². The van der Waals surface area contributed by atoms with Gasteiger partial charge in [0.25, 0.3) is 0 Å². The second kappa shape index (κ2) is 5.54. The Morgan fingerprint density at radius 2 is 2.11 bits per heavy atom. The Kier molecular flexibility index (Phi) is 4.04. The van der Waals surface area contributed by atoms with Crippen LogP contribution in [0.25, 0.3) is 11.2 Å². The Hall–Kier alpha value is -1.33. The van der Waals surface area contributed by atoms with Crippen LogP contribution in [0.15, 0.2) is 12.1 Å². The molecule has 0 aliphatic carbocycles. The van der Waals surface area contributed by atoms with E-state index in [0.717, 1.165) is 30.1 Å². The van der Waals surface area contributed by atoms with Crippen LogP contribution < -0.4 is 4.74 Å². The van der Waals surface area contributed by atoms with E-state index < -0.39 is 0 Å². The molecule has 0 aliphatic rings. The highest BCUT2D eigenvalue weighted by Crippen LogP contribution is 2.19. The van der Waals surface area contributed by atoms with Crippen molar-refractivity contribution >= 4 is 22.8 Å². The lowest BCUT2D eigenvalue weighted by molar-refractivity contribution is 0.382. The summed E-state index contributed by atoms with van der Waals surface area (Å²) in [6.45, 7) is 1.72. The maximum absolute atomic E-state index is 5.94. The molecule has 2 rings (SSSR count). The van der Waals surface area contributed by atoms with Crippen LogP contribution in [0.2, 0.25) is 0 Å². The molecule has 0 saturated heterocycles. The topological polar surface area (TPSA) is 43.2 Å². The smallest absolute Gasteiger partial charge is 0.215 e. The molecule has 18 heavy (non-hydrogen) atoms. The van der Waals surface area contributed by atoms with Gasteiger partial charge in [-0.2, -0.15) is 4.98 Å². The van der Waals surface area contributed by atoms with Gasteiger partial charge in [0.05, 0.1) is 13.0 Å². The van der Waals surface area contributed by atoms with E-state index in [1.807, 2.05) is 30.8 Å². The van der Waals surface area contributed by atoms with E-state index in [9.17, 15) is 0 Å². The lowest BCUT2D eigenvalue weighted by atomic mass is 10.4. The Morgan fingerprint density at radius 1 is 1.33 bits per heavy atom. The zero-order valence-electron chi connectivity index (χ0n) is 10.9. The van der Waals surface area contributed by atoms with Crippen molar-refractivity contribution in [2.75, 3.05) is 27.7 Å². The van der Waals surface area contributed by atoms with Crippen molar-refractivity contribution in [2.45, 2.75) is 12.4 Å². The minimum absolute atomic E-state index is 0.381. The Morgan fingerprint density at radius 3 is 2.72 bits per heavy atom. The molecule has 98 valence electrons. The average molecular weight is 269 g/mol. The van der Waals surface area contributed by atoms with Crippen LogP contribution in [-0.4, -0.2) is 47.2 Å². The van der Waals surface area contributed by atoms with Crippen LogP contribution >= 0.6 is 11.6 Å². The number of likely N-dealkylation sites (N-methyl/N-ethyl adjacent to an activating group) is 1. The lowest BCUT2D eigenvalue weighted by Crippen LogP contribution is -2.19. The molecule has 5 nitrogen and oxygen atoms in total. The van der Waals surface area contributed by atoms with Gasteiger partial charge in [0.1, 0.15) is 11.3 Å². The number of imidazole rings is 1. The maximum atomic E-state index is 5.94. The third-order valence-electron chi connectivity index (χ3n) is 2.75. The van der Waals surface area contributed by atoms with E-state index >= 15 is 0 Å². The molecule has 0 radical (unpaired) electrons. The molecule has 0 aromatic carbocycles. The first kappa shape index (κ1) is 13.1. The number of rotatable bonds is 5. The van der Waals surface area contributed by atoms with Crippen molar-refractivity contribution in [3.8, 4) is 5.88 Å². The molecule has 0 fully saturated rings. The van der Waals surface area contributed by atoms with Gasteiger partial charge in [0.15, 0.2) is 5.65 Å². The summed E-state index contributed by atoms with van der Waals surface area (Å²) in [7, 11) is 5.68. The number of hydrogen-bond donors (Lipinski definition) is 0. The zero-order chi connectivity index (χ0) is 13.1. The summed E-state index contributed by atoms with van der Waals surface area (Å²) in [5.41, 5.74) is 1.68. The van der Waals surface area contributed by atoms with Gasteiger partial charge in [-0.15, -0.1) is 11.6 Å². The monoisotopic (exact) mass is 268 g/mol. The molecule has 0 bridgehead atoms. The fourth-order valence-corrected chi connectivity index (χ4v) is 1.99. The van der Waals surface area contributed by atoms with Gasteiger partial charge in [-0.25, -0.2) is 4.98 Å². The van der Waals surface area contributed by atoms with Gasteiger partial charge < -0.3 is 14.2 Å². The number of alkyl halides is 1. The molecule has 0 unspecified atom stereocenters. The highest BCUT2D eigenvalue weighted by atomic mass is 35.5. The van der Waals surface area contributed by atoms with Crippen molar-refractivity contribution in [1.29, 1.82) is 0 Å². The molecule has 6 heteroatoms. The Balaban J connectivity index is 2.45. The summed E-state index contributed by atoms with van der Waals surface area (Å²) in [6, 6.07) is 3.72. The molecule has 0 amide bonds. The molecular weight excluding hydrogens is 252 g/mol. The Bertz CT molecular complexity index is 538. The molecule has 0 saturated carbocycles. The predicted octanol–water partition coefficient (Wildman–Crippen LogP) is 1.74. The van der Waals surface area contributed by atoms with Crippen LogP contribution in [0.1, 0.15) is 5.82 Å². The molecule has 0 N–H and O–H groups in total. The highest BCUT2D eigenvalue weighted by Gasteiger charge is 2.12.